The molecular formula is C57H48N4O17. The molecule has 21 nitrogen and oxygen atoms in total. The second-order valence-electron chi connectivity index (χ2n) is 19.3. The van der Waals surface area contributed by atoms with Crippen LogP contribution in [0, 0.1) is 47.3 Å². The predicted molar refractivity (Wildman–Crippen MR) is 270 cm³/mol. The number of aliphatic hydroxyl groups is 2. The van der Waals surface area contributed by atoms with Gasteiger partial charge < -0.3 is 33.9 Å². The summed E-state index contributed by atoms with van der Waals surface area (Å²) in [5.74, 6) is -12.2. The van der Waals surface area contributed by atoms with Gasteiger partial charge in [0.25, 0.3) is 0 Å². The number of fused-ring (bicyclic) bond motifs is 8. The Morgan fingerprint density at radius 1 is 0.346 bits per heavy atom. The van der Waals surface area contributed by atoms with Crippen molar-refractivity contribution in [1.82, 2.24) is 0 Å². The highest BCUT2D eigenvalue weighted by Crippen LogP contribution is 2.59. The van der Waals surface area contributed by atoms with E-state index in [0.717, 1.165) is 25.2 Å². The number of rotatable bonds is 20. The molecule has 8 unspecified atom stereocenters. The minimum Gasteiger partial charge on any atom is -0.491 e. The molecule has 0 radical (unpaired) electrons. The van der Waals surface area contributed by atoms with Crippen molar-refractivity contribution in [2.45, 2.75) is 12.8 Å². The zero-order valence-corrected chi connectivity index (χ0v) is 41.3. The average Bonchev–Trinajstić information content (AvgIpc) is 4.14. The fourth-order valence-electron chi connectivity index (χ4n) is 11.4. The number of hydrogen-bond donors (Lipinski definition) is 2. The van der Waals surface area contributed by atoms with Gasteiger partial charge in [-0.2, -0.15) is 0 Å². The van der Waals surface area contributed by atoms with E-state index >= 15 is 0 Å². The van der Waals surface area contributed by atoms with Crippen molar-refractivity contribution in [3.05, 3.63) is 138 Å². The van der Waals surface area contributed by atoms with E-state index < -0.39 is 107 Å². The van der Waals surface area contributed by atoms with Crippen LogP contribution in [0.15, 0.2) is 121 Å². The Morgan fingerprint density at radius 2 is 0.615 bits per heavy atom. The van der Waals surface area contributed by atoms with E-state index in [9.17, 15) is 47.9 Å². The number of esters is 2. The smallest absolute Gasteiger partial charge is 0.338 e. The van der Waals surface area contributed by atoms with E-state index in [1.807, 2.05) is 0 Å². The summed E-state index contributed by atoms with van der Waals surface area (Å²) in [6.45, 7) is -0.449. The molecule has 8 atom stereocenters. The summed E-state index contributed by atoms with van der Waals surface area (Å²) in [7, 11) is 0. The normalized spacial score (nSPS) is 23.7. The maximum absolute atomic E-state index is 13.6. The number of carbonyl (C=O) groups is 10. The van der Waals surface area contributed by atoms with Crippen molar-refractivity contribution >= 4 is 81.9 Å². The van der Waals surface area contributed by atoms with Gasteiger partial charge in [0.05, 0.1) is 87.8 Å². The maximum Gasteiger partial charge on any atom is 0.338 e. The second kappa shape index (κ2) is 20.8. The lowest BCUT2D eigenvalue weighted by Gasteiger charge is -2.36. The van der Waals surface area contributed by atoms with Crippen LogP contribution >= 0.6 is 0 Å². The second-order valence-corrected chi connectivity index (χ2v) is 19.3. The van der Waals surface area contributed by atoms with Gasteiger partial charge in [0, 0.05) is 6.61 Å². The van der Waals surface area contributed by atoms with Crippen LogP contribution in [0.25, 0.3) is 0 Å². The minimum atomic E-state index is -0.969. The molecule has 6 fully saturated rings. The Balaban J connectivity index is 0.592. The fraction of sp³-hybridized carbons (Fsp3) is 0.298. The van der Waals surface area contributed by atoms with Crippen molar-refractivity contribution < 1.29 is 81.8 Å². The third kappa shape index (κ3) is 8.69. The minimum absolute atomic E-state index is 0.0392. The first-order chi connectivity index (χ1) is 37.8. The predicted octanol–water partition coefficient (Wildman–Crippen LogP) is 3.30. The summed E-state index contributed by atoms with van der Waals surface area (Å²) >= 11 is 0. The molecule has 2 saturated carbocycles. The number of anilines is 4. The maximum atomic E-state index is 13.6. The lowest BCUT2D eigenvalue weighted by Crippen LogP contribution is -2.50. The molecule has 2 N–H and O–H groups in total. The van der Waals surface area contributed by atoms with Crippen LogP contribution in [0.4, 0.5) is 22.7 Å². The zero-order valence-electron chi connectivity index (χ0n) is 41.3. The fourth-order valence-corrected chi connectivity index (χ4v) is 11.4. The molecular weight excluding hydrogens is 1010 g/mol. The number of aryl methyl sites for hydroxylation is 1. The van der Waals surface area contributed by atoms with Gasteiger partial charge >= 0.3 is 11.9 Å². The molecule has 6 aliphatic rings. The summed E-state index contributed by atoms with van der Waals surface area (Å²) < 4.78 is 27.4. The highest BCUT2D eigenvalue weighted by molar-refractivity contribution is 6.33. The lowest BCUT2D eigenvalue weighted by atomic mass is 9.59. The first kappa shape index (κ1) is 51.0. The lowest BCUT2D eigenvalue weighted by molar-refractivity contribution is -0.146. The third-order valence-corrected chi connectivity index (χ3v) is 15.1. The molecule has 4 saturated heterocycles. The number of benzene rings is 5. The van der Waals surface area contributed by atoms with Crippen LogP contribution < -0.4 is 33.8 Å². The Bertz CT molecular complexity index is 2980. The monoisotopic (exact) mass is 1060 g/mol. The number of amides is 8. The van der Waals surface area contributed by atoms with Gasteiger partial charge in [-0.25, -0.2) is 9.59 Å². The van der Waals surface area contributed by atoms with Crippen LogP contribution in [-0.2, 0) is 54.3 Å². The third-order valence-electron chi connectivity index (χ3n) is 15.1. The van der Waals surface area contributed by atoms with Crippen molar-refractivity contribution in [3.8, 4) is 17.2 Å². The number of hydrogen-bond acceptors (Lipinski definition) is 17. The Hall–Kier alpha value is -9.08. The molecule has 11 rings (SSSR count). The van der Waals surface area contributed by atoms with Gasteiger partial charge in [-0.1, -0.05) is 12.1 Å². The number of carbonyl (C=O) groups excluding carboxylic acids is 10. The first-order valence-electron chi connectivity index (χ1n) is 25.3. The van der Waals surface area contributed by atoms with Gasteiger partial charge in [0.1, 0.15) is 50.3 Å². The molecule has 5 aromatic rings. The zero-order chi connectivity index (χ0) is 54.5. The van der Waals surface area contributed by atoms with Gasteiger partial charge in [0.15, 0.2) is 0 Å². The molecule has 5 aromatic carbocycles. The molecule has 4 aliphatic heterocycles. The van der Waals surface area contributed by atoms with Crippen LogP contribution in [0.5, 0.6) is 17.2 Å². The summed E-state index contributed by atoms with van der Waals surface area (Å²) in [5, 5.41) is 18.1. The molecule has 78 heavy (non-hydrogen) atoms. The van der Waals surface area contributed by atoms with Crippen molar-refractivity contribution in [1.29, 1.82) is 0 Å². The van der Waals surface area contributed by atoms with Crippen LogP contribution in [0.2, 0.25) is 0 Å². The Labute approximate surface area is 443 Å². The molecule has 398 valence electrons. The van der Waals surface area contributed by atoms with E-state index in [0.29, 0.717) is 41.5 Å². The molecule has 0 bridgehead atoms. The summed E-state index contributed by atoms with van der Waals surface area (Å²) in [5.41, 5.74) is 2.41. The largest absolute Gasteiger partial charge is 0.491 e. The molecule has 2 aliphatic carbocycles. The SMILES string of the molecule is O=C(OCCOc1ccc(N2C(=O)C3C4C(=O)N(c5ccc(CCCO)cc5)C(=O)C4C3C2=O)cc1)c1ccc(C(=O)OCCOc2ccc(N3C(=O)C4C5C(=O)N(c6ccc(OCCO)cc6)C(=O)C5C4C3=O)cc2)cc1. The Kier molecular flexibility index (Phi) is 13.6. The van der Waals surface area contributed by atoms with E-state index in [1.165, 1.54) is 84.9 Å². The Morgan fingerprint density at radius 3 is 0.885 bits per heavy atom. The standard InChI is InChI=1S/C57H48N4O17/c62-23-1-2-30-3-9-33(10-4-30)58-48(64)40-41(49(58)65)43-42(40)50(66)60(51(43)67)35-13-19-38(20-14-35)75-26-28-77-56(72)31-5-7-32(8-6-31)57(73)78-29-27-76-39-21-15-36(16-22-39)61-54(70)46-44-45(47(46)55(61)71)53(69)59(52(44)68)34-11-17-37(18-12-34)74-25-24-63/h3-22,40-47,62-63H,1-2,23-29H2. The van der Waals surface area contributed by atoms with Crippen LogP contribution in [-0.4, -0.2) is 116 Å². The topological polar surface area (TPSA) is 270 Å². The number of ether oxygens (including phenoxy) is 5. The molecule has 4 heterocycles. The van der Waals surface area contributed by atoms with Crippen molar-refractivity contribution in [3.63, 3.8) is 0 Å². The molecule has 8 amide bonds. The molecule has 21 heteroatoms. The first-order valence-corrected chi connectivity index (χ1v) is 25.3. The van der Waals surface area contributed by atoms with Gasteiger partial charge in [-0.05, 0) is 128 Å². The molecule has 0 spiro atoms. The van der Waals surface area contributed by atoms with E-state index in [4.69, 9.17) is 33.9 Å². The highest BCUT2D eigenvalue weighted by Gasteiger charge is 2.75. The summed E-state index contributed by atoms with van der Waals surface area (Å²) in [6, 6.07) is 30.7. The summed E-state index contributed by atoms with van der Waals surface area (Å²) in [6.07, 6.45) is 1.21. The van der Waals surface area contributed by atoms with E-state index in [2.05, 4.69) is 0 Å². The number of imide groups is 4. The molecule has 0 aromatic heterocycles. The van der Waals surface area contributed by atoms with Crippen molar-refractivity contribution in [2.75, 3.05) is 65.8 Å². The van der Waals surface area contributed by atoms with Gasteiger partial charge in [0.2, 0.25) is 47.3 Å². The van der Waals surface area contributed by atoms with E-state index in [-0.39, 0.29) is 68.7 Å². The van der Waals surface area contributed by atoms with Gasteiger partial charge in [-0.15, -0.1) is 0 Å². The average molecular weight is 1060 g/mol. The van der Waals surface area contributed by atoms with Gasteiger partial charge in [-0.3, -0.25) is 58.0 Å². The number of nitrogens with zero attached hydrogens (tertiary/aromatic N) is 4. The summed E-state index contributed by atoms with van der Waals surface area (Å²) in [4.78, 5) is 138. The van der Waals surface area contributed by atoms with Crippen LogP contribution in [0.1, 0.15) is 32.7 Å². The van der Waals surface area contributed by atoms with Crippen LogP contribution in [0.3, 0.4) is 0 Å². The van der Waals surface area contributed by atoms with Crippen molar-refractivity contribution in [2.24, 2.45) is 47.3 Å². The van der Waals surface area contributed by atoms with E-state index in [1.54, 1.807) is 36.4 Å². The quantitative estimate of drug-likeness (QED) is 0.0643. The number of aliphatic hydroxyl groups excluding tert-OH is 2. The highest BCUT2D eigenvalue weighted by atomic mass is 16.6.